The molecule has 0 amide bonds. The summed E-state index contributed by atoms with van der Waals surface area (Å²) in [5.74, 6) is -1.11. The third-order valence-electron chi connectivity index (χ3n) is 4.31. The lowest BCUT2D eigenvalue weighted by atomic mass is 10.1. The third-order valence-corrected chi connectivity index (χ3v) is 7.62. The Hall–Kier alpha value is -1.74. The maximum Gasteiger partial charge on any atom is 0.336 e. The largest absolute Gasteiger partial charge is 0.478 e. The van der Waals surface area contributed by atoms with Crippen molar-refractivity contribution < 1.29 is 18.3 Å². The Morgan fingerprint density at radius 2 is 1.80 bits per heavy atom. The number of hydrogen-bond acceptors (Lipinski definition) is 5. The molecular formula is C17H20N2O4S2. The molecule has 1 fully saturated rings. The molecule has 0 unspecified atom stereocenters. The Labute approximate surface area is 151 Å². The maximum atomic E-state index is 12.6. The average Bonchev–Trinajstić information content (AvgIpc) is 3.12. The molecule has 134 valence electrons. The van der Waals surface area contributed by atoms with Gasteiger partial charge in [-0.1, -0.05) is 30.3 Å². The molecule has 8 heteroatoms. The third kappa shape index (κ3) is 4.27. The van der Waals surface area contributed by atoms with E-state index >= 15 is 0 Å². The fourth-order valence-corrected chi connectivity index (χ4v) is 5.54. The van der Waals surface area contributed by atoms with Gasteiger partial charge in [-0.25, -0.2) is 13.2 Å². The van der Waals surface area contributed by atoms with Crippen LogP contribution >= 0.6 is 11.3 Å². The molecule has 1 aromatic carbocycles. The molecule has 1 N–H and O–H groups in total. The zero-order chi connectivity index (χ0) is 17.9. The van der Waals surface area contributed by atoms with Crippen LogP contribution in [0, 0.1) is 0 Å². The normalized spacial score (nSPS) is 16.8. The molecule has 0 aliphatic carbocycles. The van der Waals surface area contributed by atoms with Gasteiger partial charge >= 0.3 is 5.97 Å². The summed E-state index contributed by atoms with van der Waals surface area (Å²) in [5, 5.41) is 10.3. The van der Waals surface area contributed by atoms with E-state index in [1.807, 2.05) is 18.2 Å². The Bertz CT molecular complexity index is 825. The second-order valence-electron chi connectivity index (χ2n) is 5.94. The zero-order valence-corrected chi connectivity index (χ0v) is 15.3. The van der Waals surface area contributed by atoms with Crippen LogP contribution < -0.4 is 0 Å². The highest BCUT2D eigenvalue weighted by molar-refractivity contribution is 7.91. The molecular weight excluding hydrogens is 360 g/mol. The minimum atomic E-state index is -3.60. The first kappa shape index (κ1) is 18.1. The molecule has 0 atom stereocenters. The summed E-state index contributed by atoms with van der Waals surface area (Å²) in [6.45, 7) is 3.13. The van der Waals surface area contributed by atoms with Crippen LogP contribution in [-0.2, 0) is 16.4 Å². The van der Waals surface area contributed by atoms with Gasteiger partial charge < -0.3 is 10.0 Å². The lowest BCUT2D eigenvalue weighted by Gasteiger charge is -2.33. The van der Waals surface area contributed by atoms with Gasteiger partial charge in [0.15, 0.2) is 0 Å². The van der Waals surface area contributed by atoms with Crippen LogP contribution in [0.1, 0.15) is 15.9 Å². The van der Waals surface area contributed by atoms with Gasteiger partial charge in [-0.3, -0.25) is 0 Å². The molecule has 3 rings (SSSR count). The summed E-state index contributed by atoms with van der Waals surface area (Å²) in [6, 6.07) is 11.5. The Morgan fingerprint density at radius 1 is 1.12 bits per heavy atom. The van der Waals surface area contributed by atoms with Crippen molar-refractivity contribution in [3.05, 3.63) is 52.9 Å². The molecule has 1 aliphatic rings. The summed E-state index contributed by atoms with van der Waals surface area (Å²) >= 11 is 0.963. The zero-order valence-electron chi connectivity index (χ0n) is 13.7. The van der Waals surface area contributed by atoms with E-state index in [1.54, 1.807) is 0 Å². The second-order valence-corrected chi connectivity index (χ2v) is 9.02. The minimum absolute atomic E-state index is 0.0186. The fourth-order valence-electron chi connectivity index (χ4n) is 2.82. The molecule has 1 aliphatic heterocycles. The molecule has 0 saturated carbocycles. The van der Waals surface area contributed by atoms with E-state index in [9.17, 15) is 13.2 Å². The van der Waals surface area contributed by atoms with Gasteiger partial charge in [0, 0.05) is 38.1 Å². The summed E-state index contributed by atoms with van der Waals surface area (Å²) in [6.07, 6.45) is 0.945. The van der Waals surface area contributed by atoms with Crippen molar-refractivity contribution in [1.29, 1.82) is 0 Å². The number of rotatable bonds is 6. The highest BCUT2D eigenvalue weighted by Gasteiger charge is 2.30. The highest BCUT2D eigenvalue weighted by atomic mass is 32.2. The molecule has 6 nitrogen and oxygen atoms in total. The van der Waals surface area contributed by atoms with Crippen molar-refractivity contribution in [2.24, 2.45) is 0 Å². The van der Waals surface area contributed by atoms with Crippen molar-refractivity contribution in [2.45, 2.75) is 10.6 Å². The van der Waals surface area contributed by atoms with E-state index in [2.05, 4.69) is 17.0 Å². The maximum absolute atomic E-state index is 12.6. The number of benzene rings is 1. The summed E-state index contributed by atoms with van der Waals surface area (Å²) in [5.41, 5.74) is 1.29. The molecule has 2 aromatic rings. The summed E-state index contributed by atoms with van der Waals surface area (Å²) in [7, 11) is -3.60. The first-order valence-electron chi connectivity index (χ1n) is 8.05. The smallest absolute Gasteiger partial charge is 0.336 e. The number of piperazine rings is 1. The van der Waals surface area contributed by atoms with Crippen molar-refractivity contribution in [3.8, 4) is 0 Å². The molecule has 0 radical (unpaired) electrons. The molecule has 0 spiro atoms. The predicted molar refractivity (Wildman–Crippen MR) is 96.6 cm³/mol. The number of carboxylic acids is 1. The van der Waals surface area contributed by atoms with Crippen molar-refractivity contribution in [1.82, 2.24) is 9.21 Å². The van der Waals surface area contributed by atoms with Gasteiger partial charge in [0.1, 0.15) is 4.21 Å². The Balaban J connectivity index is 1.56. The lowest BCUT2D eigenvalue weighted by Crippen LogP contribution is -2.48. The van der Waals surface area contributed by atoms with E-state index in [0.29, 0.717) is 26.2 Å². The number of nitrogens with zero attached hydrogens (tertiary/aromatic N) is 2. The fraction of sp³-hybridized carbons (Fsp3) is 0.353. The standard InChI is InChI=1S/C17H20N2O4S2/c20-17(21)15-12-16(24-13-15)25(22,23)19-10-8-18(9-11-19)7-6-14-4-2-1-3-5-14/h1-5,12-13H,6-11H2,(H,20,21). The van der Waals surface area contributed by atoms with Crippen molar-refractivity contribution >= 4 is 27.3 Å². The highest BCUT2D eigenvalue weighted by Crippen LogP contribution is 2.25. The number of hydrogen-bond donors (Lipinski definition) is 1. The topological polar surface area (TPSA) is 77.9 Å². The van der Waals surface area contributed by atoms with Gasteiger partial charge in [0.05, 0.1) is 5.56 Å². The van der Waals surface area contributed by atoms with Crippen LogP contribution in [-0.4, -0.2) is 61.4 Å². The molecule has 2 heterocycles. The predicted octanol–water partition coefficient (Wildman–Crippen LogP) is 2.00. The molecule has 0 bridgehead atoms. The molecule has 1 saturated heterocycles. The van der Waals surface area contributed by atoms with Gasteiger partial charge in [-0.15, -0.1) is 11.3 Å². The minimum Gasteiger partial charge on any atom is -0.478 e. The van der Waals surface area contributed by atoms with Crippen LogP contribution in [0.2, 0.25) is 0 Å². The monoisotopic (exact) mass is 380 g/mol. The lowest BCUT2D eigenvalue weighted by molar-refractivity contribution is 0.0697. The van der Waals surface area contributed by atoms with Crippen LogP contribution in [0.3, 0.4) is 0 Å². The Kier molecular flexibility index (Phi) is 5.53. The number of sulfonamides is 1. The molecule has 1 aromatic heterocycles. The summed E-state index contributed by atoms with van der Waals surface area (Å²) in [4.78, 5) is 13.2. The van der Waals surface area contributed by atoms with Gasteiger partial charge in [-0.2, -0.15) is 4.31 Å². The quantitative estimate of drug-likeness (QED) is 0.829. The number of aromatic carboxylic acids is 1. The SMILES string of the molecule is O=C(O)c1csc(S(=O)(=O)N2CCN(CCc3ccccc3)CC2)c1. The number of carboxylic acid groups (broad SMARTS) is 1. The number of thiophene rings is 1. The Morgan fingerprint density at radius 3 is 2.40 bits per heavy atom. The van der Waals surface area contributed by atoms with Crippen LogP contribution in [0.15, 0.2) is 46.0 Å². The van der Waals surface area contributed by atoms with Crippen LogP contribution in [0.5, 0.6) is 0 Å². The second kappa shape index (κ2) is 7.65. The van der Waals surface area contributed by atoms with E-state index in [4.69, 9.17) is 5.11 Å². The first-order valence-corrected chi connectivity index (χ1v) is 10.4. The first-order chi connectivity index (χ1) is 12.0. The van der Waals surface area contributed by atoms with Crippen molar-refractivity contribution in [3.63, 3.8) is 0 Å². The van der Waals surface area contributed by atoms with Gasteiger partial charge in [0.2, 0.25) is 0 Å². The van der Waals surface area contributed by atoms with Crippen molar-refractivity contribution in [2.75, 3.05) is 32.7 Å². The van der Waals surface area contributed by atoms with E-state index in [-0.39, 0.29) is 9.77 Å². The van der Waals surface area contributed by atoms with Gasteiger partial charge in [0.25, 0.3) is 10.0 Å². The van der Waals surface area contributed by atoms with E-state index in [1.165, 1.54) is 21.3 Å². The van der Waals surface area contributed by atoms with Gasteiger partial charge in [-0.05, 0) is 18.1 Å². The average molecular weight is 380 g/mol. The van der Waals surface area contributed by atoms with Crippen LogP contribution in [0.4, 0.5) is 0 Å². The molecule has 25 heavy (non-hydrogen) atoms. The summed E-state index contributed by atoms with van der Waals surface area (Å²) < 4.78 is 26.8. The van der Waals surface area contributed by atoms with E-state index < -0.39 is 16.0 Å². The van der Waals surface area contributed by atoms with Crippen LogP contribution in [0.25, 0.3) is 0 Å². The number of carbonyl (C=O) groups is 1. The van der Waals surface area contributed by atoms with E-state index in [0.717, 1.165) is 24.3 Å².